The molecule has 5 N–H and O–H groups in total. The molecule has 2 heterocycles. The van der Waals surface area contributed by atoms with Crippen LogP contribution >= 0.6 is 12.2 Å². The Morgan fingerprint density at radius 1 is 1.15 bits per heavy atom. The standard InChI is InChI=1S/C22H33N5O5S2/c23-21(33)24-16-8-5-3-1-2-4-7-14-13-22(14,20(30)26-34(31,32)15-10-11-15)25-18(28)17-9-6-12-27(17)19(16)29/h4,7,14-17H,1-3,5-6,8-13H2,(H,25,28)(H,26,30)(H3,23,24,33). The third-order valence-electron chi connectivity index (χ3n) is 7.15. The number of amides is 3. The Kier molecular flexibility index (Phi) is 7.18. The maximum Gasteiger partial charge on any atom is 0.259 e. The molecule has 1 saturated heterocycles. The molecule has 2 saturated carbocycles. The molecule has 0 spiro atoms. The van der Waals surface area contributed by atoms with Crippen molar-refractivity contribution in [2.24, 2.45) is 11.7 Å². The van der Waals surface area contributed by atoms with Gasteiger partial charge in [0.2, 0.25) is 21.8 Å². The van der Waals surface area contributed by atoms with Crippen LogP contribution in [-0.2, 0) is 24.4 Å². The molecule has 4 rings (SSSR count). The Hall–Kier alpha value is -2.21. The quantitative estimate of drug-likeness (QED) is 0.308. The molecule has 3 amide bonds. The summed E-state index contributed by atoms with van der Waals surface area (Å²) in [4.78, 5) is 41.3. The van der Waals surface area contributed by atoms with Crippen molar-refractivity contribution in [1.82, 2.24) is 20.3 Å². The highest BCUT2D eigenvalue weighted by molar-refractivity contribution is 7.91. The Morgan fingerprint density at radius 3 is 2.62 bits per heavy atom. The van der Waals surface area contributed by atoms with Gasteiger partial charge in [0.1, 0.15) is 17.6 Å². The summed E-state index contributed by atoms with van der Waals surface area (Å²) in [6.07, 6.45) is 10.4. The second kappa shape index (κ2) is 9.80. The first-order chi connectivity index (χ1) is 16.1. The molecule has 0 aromatic heterocycles. The fourth-order valence-corrected chi connectivity index (χ4v) is 6.45. The van der Waals surface area contributed by atoms with Crippen LogP contribution in [0.5, 0.6) is 0 Å². The van der Waals surface area contributed by atoms with Gasteiger partial charge in [-0.3, -0.25) is 19.1 Å². The number of allylic oxidation sites excluding steroid dienone is 1. The first-order valence-corrected chi connectivity index (χ1v) is 14.0. The van der Waals surface area contributed by atoms with Crippen LogP contribution in [-0.4, -0.2) is 65.6 Å². The van der Waals surface area contributed by atoms with E-state index in [1.165, 1.54) is 4.90 Å². The van der Waals surface area contributed by atoms with Crippen molar-refractivity contribution in [3.8, 4) is 0 Å². The number of nitrogens with two attached hydrogens (primary N) is 1. The van der Waals surface area contributed by atoms with Gasteiger partial charge in [-0.25, -0.2) is 8.42 Å². The number of nitrogens with zero attached hydrogens (tertiary/aromatic N) is 1. The highest BCUT2D eigenvalue weighted by Gasteiger charge is 2.61. The number of rotatable bonds is 4. The highest BCUT2D eigenvalue weighted by atomic mass is 32.2. The zero-order valence-electron chi connectivity index (χ0n) is 19.1. The van der Waals surface area contributed by atoms with Gasteiger partial charge < -0.3 is 21.3 Å². The molecular weight excluding hydrogens is 478 g/mol. The van der Waals surface area contributed by atoms with Gasteiger partial charge in [-0.1, -0.05) is 25.0 Å². The van der Waals surface area contributed by atoms with Crippen molar-refractivity contribution in [3.05, 3.63) is 12.2 Å². The summed E-state index contributed by atoms with van der Waals surface area (Å²) >= 11 is 4.96. The predicted molar refractivity (Wildman–Crippen MR) is 130 cm³/mol. The van der Waals surface area contributed by atoms with E-state index in [9.17, 15) is 22.8 Å². The van der Waals surface area contributed by atoms with Gasteiger partial charge in [-0.05, 0) is 63.6 Å². The third kappa shape index (κ3) is 5.37. The van der Waals surface area contributed by atoms with Crippen LogP contribution in [0.2, 0.25) is 0 Å². The Labute approximate surface area is 205 Å². The topological polar surface area (TPSA) is 151 Å². The molecule has 2 aliphatic heterocycles. The molecule has 12 heteroatoms. The van der Waals surface area contributed by atoms with Crippen LogP contribution in [0.25, 0.3) is 0 Å². The number of fused-ring (bicyclic) bond motifs is 2. The van der Waals surface area contributed by atoms with Gasteiger partial charge in [0.15, 0.2) is 5.11 Å². The summed E-state index contributed by atoms with van der Waals surface area (Å²) in [6, 6.07) is -1.34. The van der Waals surface area contributed by atoms with E-state index in [0.717, 1.165) is 25.7 Å². The van der Waals surface area contributed by atoms with Gasteiger partial charge >= 0.3 is 0 Å². The van der Waals surface area contributed by atoms with Crippen molar-refractivity contribution in [1.29, 1.82) is 0 Å². The molecular formula is C22H33N5O5S2. The number of carbonyl (C=O) groups excluding carboxylic acids is 3. The summed E-state index contributed by atoms with van der Waals surface area (Å²) in [5.41, 5.74) is 4.33. The van der Waals surface area contributed by atoms with Crippen molar-refractivity contribution in [2.45, 2.75) is 87.1 Å². The molecule has 4 atom stereocenters. The van der Waals surface area contributed by atoms with E-state index in [1.807, 2.05) is 12.2 Å². The molecule has 0 aromatic carbocycles. The minimum absolute atomic E-state index is 0.0349. The van der Waals surface area contributed by atoms with Gasteiger partial charge in [0.25, 0.3) is 5.91 Å². The number of thiocarbonyl (C=S) groups is 1. The molecule has 4 unspecified atom stereocenters. The lowest BCUT2D eigenvalue weighted by molar-refractivity contribution is -0.141. The van der Waals surface area contributed by atoms with Crippen molar-refractivity contribution in [3.63, 3.8) is 0 Å². The van der Waals surface area contributed by atoms with Crippen LogP contribution in [0.1, 0.15) is 64.2 Å². The Balaban J connectivity index is 1.56. The normalized spacial score (nSPS) is 32.5. The van der Waals surface area contributed by atoms with Crippen molar-refractivity contribution < 1.29 is 22.8 Å². The summed E-state index contributed by atoms with van der Waals surface area (Å²) < 4.78 is 27.0. The van der Waals surface area contributed by atoms with Crippen LogP contribution in [0.3, 0.4) is 0 Å². The van der Waals surface area contributed by atoms with Crippen LogP contribution < -0.4 is 21.1 Å². The van der Waals surface area contributed by atoms with Crippen LogP contribution in [0, 0.1) is 5.92 Å². The smallest absolute Gasteiger partial charge is 0.259 e. The molecule has 2 aliphatic carbocycles. The van der Waals surface area contributed by atoms with Crippen LogP contribution in [0.15, 0.2) is 12.2 Å². The molecule has 0 aromatic rings. The predicted octanol–water partition coefficient (Wildman–Crippen LogP) is 0.183. The van der Waals surface area contributed by atoms with Gasteiger partial charge in [0, 0.05) is 12.5 Å². The lowest BCUT2D eigenvalue weighted by atomic mass is 10.1. The van der Waals surface area contributed by atoms with Gasteiger partial charge in [0.05, 0.1) is 5.25 Å². The van der Waals surface area contributed by atoms with Gasteiger partial charge in [-0.15, -0.1) is 0 Å². The SMILES string of the molecule is NC(=S)NC1CCCCCC=CC2CC2(C(=O)NS(=O)(=O)C2CC2)NC(=O)C2CCCN2C1=O. The third-order valence-corrected chi connectivity index (χ3v) is 9.09. The van der Waals surface area contributed by atoms with Crippen molar-refractivity contribution in [2.75, 3.05) is 6.54 Å². The summed E-state index contributed by atoms with van der Waals surface area (Å²) in [7, 11) is -3.75. The number of hydrogen-bond acceptors (Lipinski definition) is 6. The second-order valence-corrected chi connectivity index (χ2v) is 12.2. The maximum absolute atomic E-state index is 13.3. The van der Waals surface area contributed by atoms with E-state index in [-0.39, 0.29) is 16.9 Å². The number of sulfonamides is 1. The van der Waals surface area contributed by atoms with E-state index in [0.29, 0.717) is 45.1 Å². The zero-order chi connectivity index (χ0) is 24.5. The molecule has 188 valence electrons. The molecule has 10 nitrogen and oxygen atoms in total. The molecule has 0 radical (unpaired) electrons. The Bertz CT molecular complexity index is 996. The number of carbonyl (C=O) groups is 3. The molecule has 3 fully saturated rings. The largest absolute Gasteiger partial charge is 0.376 e. The second-order valence-electron chi connectivity index (χ2n) is 9.76. The zero-order valence-corrected chi connectivity index (χ0v) is 20.8. The lowest BCUT2D eigenvalue weighted by Gasteiger charge is -2.30. The lowest BCUT2D eigenvalue weighted by Crippen LogP contribution is -2.58. The first kappa shape index (κ1) is 24.9. The van der Waals surface area contributed by atoms with E-state index >= 15 is 0 Å². The first-order valence-electron chi connectivity index (χ1n) is 12.1. The summed E-state index contributed by atoms with van der Waals surface area (Å²) in [5.74, 6) is -1.66. The van der Waals surface area contributed by atoms with E-state index in [2.05, 4.69) is 15.4 Å². The molecule has 0 bridgehead atoms. The summed E-state index contributed by atoms with van der Waals surface area (Å²) in [5, 5.41) is 5.21. The van der Waals surface area contributed by atoms with Crippen molar-refractivity contribution >= 4 is 45.1 Å². The van der Waals surface area contributed by atoms with E-state index < -0.39 is 44.7 Å². The minimum Gasteiger partial charge on any atom is -0.376 e. The monoisotopic (exact) mass is 511 g/mol. The van der Waals surface area contributed by atoms with E-state index in [1.54, 1.807) is 0 Å². The molecule has 34 heavy (non-hydrogen) atoms. The maximum atomic E-state index is 13.3. The molecule has 4 aliphatic rings. The number of hydrogen-bond donors (Lipinski definition) is 4. The average molecular weight is 512 g/mol. The summed E-state index contributed by atoms with van der Waals surface area (Å²) in [6.45, 7) is 0.422. The van der Waals surface area contributed by atoms with Gasteiger partial charge in [-0.2, -0.15) is 0 Å². The Morgan fingerprint density at radius 2 is 1.91 bits per heavy atom. The minimum atomic E-state index is -3.75. The van der Waals surface area contributed by atoms with Crippen LogP contribution in [0.4, 0.5) is 0 Å². The number of nitrogens with one attached hydrogen (secondary N) is 3. The van der Waals surface area contributed by atoms with E-state index in [4.69, 9.17) is 18.0 Å². The fourth-order valence-electron chi connectivity index (χ4n) is 4.95. The average Bonchev–Trinajstić information content (AvgIpc) is 3.68. The highest BCUT2D eigenvalue weighted by Crippen LogP contribution is 2.46. The fraction of sp³-hybridized carbons (Fsp3) is 0.727.